The van der Waals surface area contributed by atoms with E-state index in [-0.39, 0.29) is 29.4 Å². The largest absolute Gasteiger partial charge is 0.465 e. The van der Waals surface area contributed by atoms with Gasteiger partial charge in [-0.25, -0.2) is 0 Å². The highest BCUT2D eigenvalue weighted by Crippen LogP contribution is 2.51. The Morgan fingerprint density at radius 3 is 2.54 bits per heavy atom. The van der Waals surface area contributed by atoms with Crippen molar-refractivity contribution in [1.29, 1.82) is 0 Å². The molecule has 0 aromatic heterocycles. The summed E-state index contributed by atoms with van der Waals surface area (Å²) >= 11 is 0. The van der Waals surface area contributed by atoms with Gasteiger partial charge in [-0.2, -0.15) is 0 Å². The molecule has 0 spiro atoms. The predicted octanol–water partition coefficient (Wildman–Crippen LogP) is 4.36. The summed E-state index contributed by atoms with van der Waals surface area (Å²) < 4.78 is 5.45. The van der Waals surface area contributed by atoms with Crippen molar-refractivity contribution >= 4 is 5.97 Å². The maximum Gasteiger partial charge on any atom is 0.324 e. The van der Waals surface area contributed by atoms with Gasteiger partial charge in [-0.3, -0.25) is 9.69 Å². The highest BCUT2D eigenvalue weighted by Gasteiger charge is 2.54. The van der Waals surface area contributed by atoms with Gasteiger partial charge in [0.05, 0.1) is 6.61 Å². The molecule has 3 heteroatoms. The Bertz CT molecular complexity index is 629. The number of esters is 1. The van der Waals surface area contributed by atoms with Crippen molar-refractivity contribution in [3.05, 3.63) is 47.5 Å². The minimum atomic E-state index is -0.163. The Labute approximate surface area is 145 Å². The van der Waals surface area contributed by atoms with Gasteiger partial charge in [0.2, 0.25) is 0 Å². The fraction of sp³-hybridized carbons (Fsp3) is 0.571. The van der Waals surface area contributed by atoms with Crippen LogP contribution in [0.15, 0.2) is 42.0 Å². The van der Waals surface area contributed by atoms with Crippen LogP contribution < -0.4 is 0 Å². The molecule has 0 saturated carbocycles. The molecule has 1 aromatic carbocycles. The molecule has 1 aliphatic heterocycles. The van der Waals surface area contributed by atoms with Crippen LogP contribution in [0.25, 0.3) is 0 Å². The average Bonchev–Trinajstić information content (AvgIpc) is 3.13. The molecule has 24 heavy (non-hydrogen) atoms. The van der Waals surface area contributed by atoms with Crippen LogP contribution >= 0.6 is 0 Å². The van der Waals surface area contributed by atoms with Crippen LogP contribution in [-0.4, -0.2) is 29.6 Å². The Morgan fingerprint density at radius 2 is 1.96 bits per heavy atom. The van der Waals surface area contributed by atoms with Gasteiger partial charge >= 0.3 is 5.97 Å². The molecule has 1 aromatic rings. The van der Waals surface area contributed by atoms with E-state index in [4.69, 9.17) is 4.74 Å². The summed E-state index contributed by atoms with van der Waals surface area (Å²) in [7, 11) is 0. The SMILES string of the molecule is CCOC(=O)[C@H]1[C@@H]2C[C@H](C=C2C(C)(C)C)N1[C@@H](C)c1ccccc1. The molecule has 3 rings (SSSR count). The summed E-state index contributed by atoms with van der Waals surface area (Å²) in [6, 6.07) is 10.8. The van der Waals surface area contributed by atoms with Gasteiger partial charge < -0.3 is 4.74 Å². The predicted molar refractivity (Wildman–Crippen MR) is 96.6 cm³/mol. The molecule has 0 unspecified atom stereocenters. The van der Waals surface area contributed by atoms with Crippen molar-refractivity contribution < 1.29 is 9.53 Å². The average molecular weight is 327 g/mol. The molecule has 0 radical (unpaired) electrons. The molecule has 2 aliphatic rings. The number of nitrogens with zero attached hydrogens (tertiary/aromatic N) is 1. The zero-order valence-corrected chi connectivity index (χ0v) is 15.5. The van der Waals surface area contributed by atoms with E-state index < -0.39 is 0 Å². The number of ether oxygens (including phenoxy) is 1. The molecule has 4 atom stereocenters. The highest BCUT2D eigenvalue weighted by atomic mass is 16.5. The molecular formula is C21H29NO2. The molecule has 1 saturated heterocycles. The number of carbonyl (C=O) groups excluding carboxylic acids is 1. The molecule has 2 bridgehead atoms. The quantitative estimate of drug-likeness (QED) is 0.608. The van der Waals surface area contributed by atoms with Crippen LogP contribution in [0, 0.1) is 11.3 Å². The second-order valence-electron chi connectivity index (χ2n) is 8.01. The lowest BCUT2D eigenvalue weighted by atomic mass is 9.77. The van der Waals surface area contributed by atoms with Gasteiger partial charge in [0.15, 0.2) is 0 Å². The summed E-state index contributed by atoms with van der Waals surface area (Å²) in [5.41, 5.74) is 2.78. The lowest BCUT2D eigenvalue weighted by molar-refractivity contribution is -0.151. The van der Waals surface area contributed by atoms with E-state index in [1.165, 1.54) is 11.1 Å². The number of benzene rings is 1. The van der Waals surface area contributed by atoms with E-state index in [0.717, 1.165) is 6.42 Å². The molecule has 1 heterocycles. The topological polar surface area (TPSA) is 29.5 Å². The number of carbonyl (C=O) groups is 1. The van der Waals surface area contributed by atoms with E-state index >= 15 is 0 Å². The van der Waals surface area contributed by atoms with Crippen molar-refractivity contribution in [2.45, 2.75) is 59.2 Å². The lowest BCUT2D eigenvalue weighted by Gasteiger charge is -2.40. The number of likely N-dealkylation sites (tertiary alicyclic amines) is 1. The zero-order valence-electron chi connectivity index (χ0n) is 15.5. The van der Waals surface area contributed by atoms with Crippen molar-refractivity contribution in [3.63, 3.8) is 0 Å². The standard InChI is InChI=1S/C21H29NO2/c1-6-24-20(23)19-17-12-16(13-18(17)21(3,4)5)22(19)14(2)15-10-8-7-9-11-15/h7-11,13-14,16-17,19H,6,12H2,1-5H3/t14-,16+,17+,19+/m0/s1. The number of hydrogen-bond acceptors (Lipinski definition) is 3. The van der Waals surface area contributed by atoms with Crippen molar-refractivity contribution in [2.24, 2.45) is 11.3 Å². The third-order valence-corrected chi connectivity index (χ3v) is 5.48. The fourth-order valence-corrected chi connectivity index (χ4v) is 4.46. The van der Waals surface area contributed by atoms with E-state index in [2.05, 4.69) is 62.9 Å². The van der Waals surface area contributed by atoms with Gasteiger partial charge in [-0.05, 0) is 31.2 Å². The number of fused-ring (bicyclic) bond motifs is 2. The summed E-state index contributed by atoms with van der Waals surface area (Å²) in [5, 5.41) is 0. The first kappa shape index (κ1) is 17.2. The molecule has 1 fully saturated rings. The molecule has 130 valence electrons. The first-order chi connectivity index (χ1) is 11.3. The molecule has 0 amide bonds. The normalized spacial score (nSPS) is 27.9. The lowest BCUT2D eigenvalue weighted by Crippen LogP contribution is -2.48. The van der Waals surface area contributed by atoms with Crippen molar-refractivity contribution in [1.82, 2.24) is 4.90 Å². The van der Waals surface area contributed by atoms with Crippen LogP contribution in [0.1, 0.15) is 52.6 Å². The first-order valence-corrected chi connectivity index (χ1v) is 9.05. The zero-order chi connectivity index (χ0) is 17.5. The van der Waals surface area contributed by atoms with Crippen molar-refractivity contribution in [3.8, 4) is 0 Å². The third kappa shape index (κ3) is 2.90. The Morgan fingerprint density at radius 1 is 1.29 bits per heavy atom. The van der Waals surface area contributed by atoms with E-state index in [0.29, 0.717) is 12.6 Å². The summed E-state index contributed by atoms with van der Waals surface area (Å²) in [5.74, 6) is 0.211. The highest BCUT2D eigenvalue weighted by molar-refractivity contribution is 5.78. The summed E-state index contributed by atoms with van der Waals surface area (Å²) in [4.78, 5) is 15.1. The minimum absolute atomic E-state index is 0.0670. The second kappa shape index (κ2) is 6.36. The van der Waals surface area contributed by atoms with Crippen LogP contribution in [0.4, 0.5) is 0 Å². The smallest absolute Gasteiger partial charge is 0.324 e. The van der Waals surface area contributed by atoms with E-state index in [9.17, 15) is 4.79 Å². The van der Waals surface area contributed by atoms with Gasteiger partial charge in [-0.1, -0.05) is 62.8 Å². The monoisotopic (exact) mass is 327 g/mol. The van der Waals surface area contributed by atoms with E-state index in [1.807, 2.05) is 13.0 Å². The Kier molecular flexibility index (Phi) is 4.56. The summed E-state index contributed by atoms with van der Waals surface area (Å²) in [6.45, 7) is 11.3. The maximum atomic E-state index is 12.8. The Balaban J connectivity index is 1.96. The van der Waals surface area contributed by atoms with Crippen molar-refractivity contribution in [2.75, 3.05) is 6.61 Å². The second-order valence-corrected chi connectivity index (χ2v) is 8.01. The van der Waals surface area contributed by atoms with E-state index in [1.54, 1.807) is 0 Å². The van der Waals surface area contributed by atoms with Crippen LogP contribution in [0.2, 0.25) is 0 Å². The first-order valence-electron chi connectivity index (χ1n) is 9.05. The maximum absolute atomic E-state index is 12.8. The van der Waals surface area contributed by atoms with Gasteiger partial charge in [0, 0.05) is 18.0 Å². The molecular weight excluding hydrogens is 298 g/mol. The number of hydrogen-bond donors (Lipinski definition) is 0. The fourth-order valence-electron chi connectivity index (χ4n) is 4.46. The molecule has 1 aliphatic carbocycles. The van der Waals surface area contributed by atoms with Crippen LogP contribution in [0.3, 0.4) is 0 Å². The molecule has 3 nitrogen and oxygen atoms in total. The third-order valence-electron chi connectivity index (χ3n) is 5.48. The van der Waals surface area contributed by atoms with Gasteiger partial charge in [-0.15, -0.1) is 0 Å². The summed E-state index contributed by atoms with van der Waals surface area (Å²) in [6.07, 6.45) is 3.44. The van der Waals surface area contributed by atoms with Gasteiger partial charge in [0.1, 0.15) is 6.04 Å². The van der Waals surface area contributed by atoms with Crippen LogP contribution in [0.5, 0.6) is 0 Å². The Hall–Kier alpha value is -1.61. The minimum Gasteiger partial charge on any atom is -0.465 e. The molecule has 0 N–H and O–H groups in total. The van der Waals surface area contributed by atoms with Crippen LogP contribution in [-0.2, 0) is 9.53 Å². The number of rotatable bonds is 4. The van der Waals surface area contributed by atoms with Gasteiger partial charge in [0.25, 0.3) is 0 Å².